The molecule has 0 spiro atoms. The fourth-order valence-electron chi connectivity index (χ4n) is 4.33. The minimum absolute atomic E-state index is 0.274. The third-order valence-electron chi connectivity index (χ3n) is 6.15. The molecule has 182 valence electrons. The van der Waals surface area contributed by atoms with Crippen molar-refractivity contribution in [3.63, 3.8) is 0 Å². The first-order valence-electron chi connectivity index (χ1n) is 11.6. The number of nitrogens with one attached hydrogen (secondary N) is 2. The van der Waals surface area contributed by atoms with Crippen molar-refractivity contribution in [2.75, 3.05) is 20.8 Å². The lowest BCUT2D eigenvalue weighted by Crippen LogP contribution is -2.52. The molecule has 1 aromatic heterocycles. The van der Waals surface area contributed by atoms with Gasteiger partial charge >= 0.3 is 6.03 Å². The van der Waals surface area contributed by atoms with Gasteiger partial charge in [-0.15, -0.1) is 0 Å². The van der Waals surface area contributed by atoms with Crippen LogP contribution in [0.4, 0.5) is 4.79 Å². The summed E-state index contributed by atoms with van der Waals surface area (Å²) in [5.41, 5.74) is 3.80. The predicted molar refractivity (Wildman–Crippen MR) is 132 cm³/mol. The SMILES string of the molecule is COc1cc2c(cc1OC)[C@@H](c1ccccc1)N(C(=O)N[C@H](C)C(=O)NCc1ccccn1)CC2. The van der Waals surface area contributed by atoms with Crippen LogP contribution in [0.1, 0.15) is 35.3 Å². The van der Waals surface area contributed by atoms with Crippen LogP contribution in [0, 0.1) is 0 Å². The fraction of sp³-hybridized carbons (Fsp3) is 0.296. The summed E-state index contributed by atoms with van der Waals surface area (Å²) < 4.78 is 11.0. The highest BCUT2D eigenvalue weighted by atomic mass is 16.5. The number of carbonyl (C=O) groups excluding carboxylic acids is 2. The molecule has 4 rings (SSSR count). The van der Waals surface area contributed by atoms with Crippen molar-refractivity contribution >= 4 is 11.9 Å². The maximum absolute atomic E-state index is 13.4. The fourth-order valence-corrected chi connectivity index (χ4v) is 4.33. The summed E-state index contributed by atoms with van der Waals surface area (Å²) in [4.78, 5) is 32.0. The van der Waals surface area contributed by atoms with Gasteiger partial charge in [-0.2, -0.15) is 0 Å². The van der Waals surface area contributed by atoms with E-state index in [2.05, 4.69) is 15.6 Å². The second-order valence-corrected chi connectivity index (χ2v) is 8.37. The molecular weight excluding hydrogens is 444 g/mol. The molecule has 2 aromatic carbocycles. The van der Waals surface area contributed by atoms with Gasteiger partial charge in [0, 0.05) is 12.7 Å². The van der Waals surface area contributed by atoms with E-state index in [4.69, 9.17) is 9.47 Å². The van der Waals surface area contributed by atoms with E-state index in [9.17, 15) is 9.59 Å². The average molecular weight is 475 g/mol. The van der Waals surface area contributed by atoms with E-state index >= 15 is 0 Å². The normalized spacial score (nSPS) is 15.5. The molecule has 2 heterocycles. The molecule has 2 N–H and O–H groups in total. The summed E-state index contributed by atoms with van der Waals surface area (Å²) in [5.74, 6) is 0.995. The Balaban J connectivity index is 1.55. The zero-order chi connectivity index (χ0) is 24.8. The maximum Gasteiger partial charge on any atom is 0.318 e. The molecule has 3 amide bonds. The van der Waals surface area contributed by atoms with Crippen LogP contribution in [0.25, 0.3) is 0 Å². The number of nitrogens with zero attached hydrogens (tertiary/aromatic N) is 2. The average Bonchev–Trinajstić information content (AvgIpc) is 2.91. The summed E-state index contributed by atoms with van der Waals surface area (Å²) in [6.45, 7) is 2.47. The first-order valence-corrected chi connectivity index (χ1v) is 11.6. The third kappa shape index (κ3) is 5.37. The first-order chi connectivity index (χ1) is 17.0. The standard InChI is InChI=1S/C27H30N4O4/c1-18(26(32)29-17-21-11-7-8-13-28-21)30-27(33)31-14-12-20-15-23(34-2)24(35-3)16-22(20)25(31)19-9-5-4-6-10-19/h4-11,13,15-16,18,25H,12,14,17H2,1-3H3,(H,29,32)(H,30,33)/t18-,25-/m1/s1. The minimum Gasteiger partial charge on any atom is -0.493 e. The number of hydrogen-bond acceptors (Lipinski definition) is 5. The van der Waals surface area contributed by atoms with Crippen LogP contribution in [0.2, 0.25) is 0 Å². The molecule has 0 fully saturated rings. The van der Waals surface area contributed by atoms with Crippen LogP contribution < -0.4 is 20.1 Å². The number of hydrogen-bond donors (Lipinski definition) is 2. The van der Waals surface area contributed by atoms with E-state index in [1.807, 2.05) is 60.7 Å². The Bertz CT molecular complexity index is 1170. The van der Waals surface area contributed by atoms with Crippen molar-refractivity contribution in [3.05, 3.63) is 89.2 Å². The summed E-state index contributed by atoms with van der Waals surface area (Å²) in [5, 5.41) is 5.69. The Morgan fingerprint density at radius 1 is 1.06 bits per heavy atom. The van der Waals surface area contributed by atoms with E-state index in [1.54, 1.807) is 32.2 Å². The number of ether oxygens (including phenoxy) is 2. The van der Waals surface area contributed by atoms with Crippen molar-refractivity contribution < 1.29 is 19.1 Å². The van der Waals surface area contributed by atoms with E-state index in [1.165, 1.54) is 0 Å². The van der Waals surface area contributed by atoms with Crippen LogP contribution >= 0.6 is 0 Å². The van der Waals surface area contributed by atoms with E-state index in [0.29, 0.717) is 31.0 Å². The molecule has 35 heavy (non-hydrogen) atoms. The molecule has 0 bridgehead atoms. The van der Waals surface area contributed by atoms with Gasteiger partial charge in [0.05, 0.1) is 32.5 Å². The van der Waals surface area contributed by atoms with Gasteiger partial charge in [0.25, 0.3) is 0 Å². The van der Waals surface area contributed by atoms with Gasteiger partial charge < -0.3 is 25.0 Å². The van der Waals surface area contributed by atoms with Gasteiger partial charge in [-0.3, -0.25) is 9.78 Å². The van der Waals surface area contributed by atoms with Crippen LogP contribution in [0.3, 0.4) is 0 Å². The van der Waals surface area contributed by atoms with Gasteiger partial charge in [-0.05, 0) is 54.3 Å². The van der Waals surface area contributed by atoms with Crippen LogP contribution in [-0.2, 0) is 17.8 Å². The number of pyridine rings is 1. The highest BCUT2D eigenvalue weighted by Crippen LogP contribution is 2.41. The molecule has 0 radical (unpaired) electrons. The zero-order valence-corrected chi connectivity index (χ0v) is 20.2. The van der Waals surface area contributed by atoms with Gasteiger partial charge in [-0.1, -0.05) is 36.4 Å². The first kappa shape index (κ1) is 24.1. The minimum atomic E-state index is -0.713. The molecule has 8 nitrogen and oxygen atoms in total. The van der Waals surface area contributed by atoms with Crippen LogP contribution in [0.15, 0.2) is 66.9 Å². The molecule has 2 atom stereocenters. The molecular formula is C27H30N4O4. The lowest BCUT2D eigenvalue weighted by atomic mass is 9.88. The van der Waals surface area contributed by atoms with E-state index in [0.717, 1.165) is 22.4 Å². The predicted octanol–water partition coefficient (Wildman–Crippen LogP) is 3.46. The topological polar surface area (TPSA) is 92.8 Å². The van der Waals surface area contributed by atoms with Crippen molar-refractivity contribution in [2.24, 2.45) is 0 Å². The van der Waals surface area contributed by atoms with E-state index < -0.39 is 6.04 Å². The number of rotatable bonds is 7. The highest BCUT2D eigenvalue weighted by molar-refractivity contribution is 5.87. The van der Waals surface area contributed by atoms with E-state index in [-0.39, 0.29) is 18.0 Å². The molecule has 0 aliphatic carbocycles. The second-order valence-electron chi connectivity index (χ2n) is 8.37. The lowest BCUT2D eigenvalue weighted by molar-refractivity contribution is -0.122. The summed E-state index contributed by atoms with van der Waals surface area (Å²) in [6, 6.07) is 17.9. The molecule has 1 aliphatic rings. The molecule has 0 saturated carbocycles. The van der Waals surface area contributed by atoms with Crippen molar-refractivity contribution in [1.82, 2.24) is 20.5 Å². The zero-order valence-electron chi connectivity index (χ0n) is 20.2. The molecule has 0 saturated heterocycles. The van der Waals surface area contributed by atoms with Gasteiger partial charge in [0.15, 0.2) is 11.5 Å². The number of amides is 3. The van der Waals surface area contributed by atoms with Crippen LogP contribution in [0.5, 0.6) is 11.5 Å². The van der Waals surface area contributed by atoms with Crippen molar-refractivity contribution in [3.8, 4) is 11.5 Å². The van der Waals surface area contributed by atoms with Gasteiger partial charge in [-0.25, -0.2) is 4.79 Å². The quantitative estimate of drug-likeness (QED) is 0.547. The Kier molecular flexibility index (Phi) is 7.50. The third-order valence-corrected chi connectivity index (χ3v) is 6.15. The summed E-state index contributed by atoms with van der Waals surface area (Å²) in [7, 11) is 3.21. The van der Waals surface area contributed by atoms with Gasteiger partial charge in [0.2, 0.25) is 5.91 Å². The highest BCUT2D eigenvalue weighted by Gasteiger charge is 2.34. The summed E-state index contributed by atoms with van der Waals surface area (Å²) in [6.07, 6.45) is 2.34. The number of carbonyl (C=O) groups is 2. The molecule has 0 unspecified atom stereocenters. The monoisotopic (exact) mass is 474 g/mol. The second kappa shape index (κ2) is 10.9. The van der Waals surface area contributed by atoms with Crippen molar-refractivity contribution in [1.29, 1.82) is 0 Å². The van der Waals surface area contributed by atoms with Crippen LogP contribution in [-0.4, -0.2) is 48.6 Å². The largest absolute Gasteiger partial charge is 0.493 e. The smallest absolute Gasteiger partial charge is 0.318 e. The molecule has 3 aromatic rings. The molecule has 1 aliphatic heterocycles. The number of fused-ring (bicyclic) bond motifs is 1. The molecule has 8 heteroatoms. The number of urea groups is 1. The Morgan fingerprint density at radius 3 is 2.46 bits per heavy atom. The Morgan fingerprint density at radius 2 is 1.77 bits per heavy atom. The lowest BCUT2D eigenvalue weighted by Gasteiger charge is -2.38. The van der Waals surface area contributed by atoms with Gasteiger partial charge in [0.1, 0.15) is 6.04 Å². The number of methoxy groups -OCH3 is 2. The number of benzene rings is 2. The number of aromatic nitrogens is 1. The van der Waals surface area contributed by atoms with Crippen molar-refractivity contribution in [2.45, 2.75) is 32.0 Å². The Hall–Kier alpha value is -4.07. The maximum atomic E-state index is 13.4. The Labute approximate surface area is 205 Å². The summed E-state index contributed by atoms with van der Waals surface area (Å²) >= 11 is 0.